The Kier molecular flexibility index (Phi) is 12.5. The second-order valence-corrected chi connectivity index (χ2v) is 9.96. The van der Waals surface area contributed by atoms with Crippen molar-refractivity contribution in [1.82, 2.24) is 0 Å². The number of hydrogen-bond donors (Lipinski definition) is 0. The molecule has 0 aromatic heterocycles. The van der Waals surface area contributed by atoms with Gasteiger partial charge in [0.25, 0.3) is 0 Å². The van der Waals surface area contributed by atoms with E-state index in [4.69, 9.17) is 0 Å². The molecule has 0 saturated carbocycles. The molecule has 0 N–H and O–H groups in total. The van der Waals surface area contributed by atoms with E-state index < -0.39 is 0 Å². The first kappa shape index (κ1) is 27.1. The van der Waals surface area contributed by atoms with Crippen LogP contribution < -0.4 is 4.90 Å². The maximum absolute atomic E-state index is 3.16. The lowest BCUT2D eigenvalue weighted by Gasteiger charge is -2.26. The molecule has 0 saturated heterocycles. The number of anilines is 3. The zero-order valence-corrected chi connectivity index (χ0v) is 22.3. The molecular formula is C34H46N. The van der Waals surface area contributed by atoms with Crippen LogP contribution >= 0.6 is 0 Å². The third-order valence-corrected chi connectivity index (χ3v) is 6.99. The molecule has 0 aliphatic rings. The molecule has 0 bridgehead atoms. The lowest BCUT2D eigenvalue weighted by molar-refractivity contribution is 0.607. The van der Waals surface area contributed by atoms with Crippen LogP contribution in [0.3, 0.4) is 0 Å². The van der Waals surface area contributed by atoms with Gasteiger partial charge in [0.2, 0.25) is 0 Å². The Bertz CT molecular complexity index is 852. The molecule has 0 aliphatic heterocycles. The van der Waals surface area contributed by atoms with Gasteiger partial charge < -0.3 is 4.90 Å². The molecule has 35 heavy (non-hydrogen) atoms. The van der Waals surface area contributed by atoms with Gasteiger partial charge in [0.15, 0.2) is 0 Å². The largest absolute Gasteiger partial charge is 0.311 e. The van der Waals surface area contributed by atoms with E-state index in [0.717, 1.165) is 0 Å². The highest BCUT2D eigenvalue weighted by Crippen LogP contribution is 2.34. The van der Waals surface area contributed by atoms with E-state index in [2.05, 4.69) is 85.5 Å². The summed E-state index contributed by atoms with van der Waals surface area (Å²) in [5.74, 6) is 0. The Hall–Kier alpha value is -2.54. The van der Waals surface area contributed by atoms with Crippen LogP contribution in [0.4, 0.5) is 17.1 Å². The molecule has 0 amide bonds. The Morgan fingerprint density at radius 1 is 0.457 bits per heavy atom. The number of hydrogen-bond acceptors (Lipinski definition) is 1. The molecule has 1 nitrogen and oxygen atoms in total. The molecule has 0 spiro atoms. The van der Waals surface area contributed by atoms with Gasteiger partial charge >= 0.3 is 0 Å². The Morgan fingerprint density at radius 2 is 0.829 bits per heavy atom. The zero-order chi connectivity index (χ0) is 24.6. The summed E-state index contributed by atoms with van der Waals surface area (Å²) in [4.78, 5) is 2.36. The van der Waals surface area contributed by atoms with Gasteiger partial charge in [-0.05, 0) is 79.3 Å². The van der Waals surface area contributed by atoms with Crippen LogP contribution in [0.25, 0.3) is 0 Å². The summed E-state index contributed by atoms with van der Waals surface area (Å²) < 4.78 is 0. The van der Waals surface area contributed by atoms with Gasteiger partial charge in [0.05, 0.1) is 0 Å². The van der Waals surface area contributed by atoms with Crippen molar-refractivity contribution < 1.29 is 0 Å². The van der Waals surface area contributed by atoms with E-state index in [-0.39, 0.29) is 0 Å². The van der Waals surface area contributed by atoms with Gasteiger partial charge in [-0.3, -0.25) is 0 Å². The highest BCUT2D eigenvalue weighted by Gasteiger charge is 2.12. The van der Waals surface area contributed by atoms with E-state index in [9.17, 15) is 0 Å². The third kappa shape index (κ3) is 9.55. The standard InChI is InChI=1S/C34H46N/c1-3-5-7-9-11-14-18-30-22-26-33(27-23-30)35(32-20-16-13-17-21-32)34-28-24-31(25-29-34)19-15-12-10-8-6-4-2/h16-17,20-29H,3-12,14-15,18-19H2,1-2H3. The van der Waals surface area contributed by atoms with Crippen molar-refractivity contribution in [2.75, 3.05) is 4.90 Å². The smallest absolute Gasteiger partial charge is 0.0462 e. The minimum absolute atomic E-state index is 1.18. The lowest BCUT2D eigenvalue weighted by atomic mass is 10.0. The zero-order valence-electron chi connectivity index (χ0n) is 22.3. The van der Waals surface area contributed by atoms with Crippen LogP contribution in [0.5, 0.6) is 0 Å². The van der Waals surface area contributed by atoms with Crippen molar-refractivity contribution in [1.29, 1.82) is 0 Å². The van der Waals surface area contributed by atoms with Crippen molar-refractivity contribution >= 4 is 17.1 Å². The predicted molar refractivity (Wildman–Crippen MR) is 154 cm³/mol. The van der Waals surface area contributed by atoms with Gasteiger partial charge in [-0.15, -0.1) is 0 Å². The Labute approximate surface area is 215 Å². The molecule has 0 atom stereocenters. The number of unbranched alkanes of at least 4 members (excludes halogenated alkanes) is 10. The van der Waals surface area contributed by atoms with Crippen molar-refractivity contribution in [3.63, 3.8) is 0 Å². The molecular weight excluding hydrogens is 422 g/mol. The van der Waals surface area contributed by atoms with Crippen LogP contribution in [-0.2, 0) is 12.8 Å². The fourth-order valence-corrected chi connectivity index (χ4v) is 4.82. The summed E-state index contributed by atoms with van der Waals surface area (Å²) in [6, 6.07) is 29.9. The molecule has 3 aromatic carbocycles. The number of benzene rings is 3. The van der Waals surface area contributed by atoms with Gasteiger partial charge in [-0.25, -0.2) is 0 Å². The van der Waals surface area contributed by atoms with Crippen LogP contribution in [-0.4, -0.2) is 0 Å². The maximum atomic E-state index is 3.16. The molecule has 0 unspecified atom stereocenters. The molecule has 0 aliphatic carbocycles. The average molecular weight is 469 g/mol. The van der Waals surface area contributed by atoms with Crippen molar-refractivity contribution in [2.24, 2.45) is 0 Å². The molecule has 187 valence electrons. The minimum Gasteiger partial charge on any atom is -0.311 e. The van der Waals surface area contributed by atoms with Crippen LogP contribution in [0.2, 0.25) is 0 Å². The first-order valence-corrected chi connectivity index (χ1v) is 14.3. The minimum atomic E-state index is 1.18. The van der Waals surface area contributed by atoms with Crippen LogP contribution in [0.15, 0.2) is 72.8 Å². The monoisotopic (exact) mass is 468 g/mol. The highest BCUT2D eigenvalue weighted by molar-refractivity contribution is 5.76. The van der Waals surface area contributed by atoms with Crippen LogP contribution in [0, 0.1) is 6.07 Å². The van der Waals surface area contributed by atoms with Gasteiger partial charge in [0.1, 0.15) is 0 Å². The fraction of sp³-hybridized carbons (Fsp3) is 0.471. The predicted octanol–water partition coefficient (Wildman–Crippen LogP) is 10.8. The molecule has 0 heterocycles. The van der Waals surface area contributed by atoms with E-state index in [0.29, 0.717) is 0 Å². The van der Waals surface area contributed by atoms with Crippen molar-refractivity contribution in [2.45, 2.75) is 104 Å². The molecule has 1 radical (unpaired) electrons. The SMILES string of the molecule is CCCCCCCCc1ccc(N(c2cc[c]cc2)c2ccc(CCCCCCCC)cc2)cc1. The second kappa shape index (κ2) is 16.2. The summed E-state index contributed by atoms with van der Waals surface area (Å²) in [7, 11) is 0. The number of rotatable bonds is 17. The van der Waals surface area contributed by atoms with Crippen molar-refractivity contribution in [3.05, 3.63) is 90.0 Å². The summed E-state index contributed by atoms with van der Waals surface area (Å²) in [5.41, 5.74) is 6.49. The fourth-order valence-electron chi connectivity index (χ4n) is 4.82. The van der Waals surface area contributed by atoms with E-state index in [1.165, 1.54) is 118 Å². The quantitative estimate of drug-likeness (QED) is 0.178. The Balaban J connectivity index is 1.62. The summed E-state index contributed by atoms with van der Waals surface area (Å²) in [6.45, 7) is 4.56. The maximum Gasteiger partial charge on any atom is 0.0462 e. The molecule has 0 fully saturated rings. The molecule has 1 heteroatoms. The van der Waals surface area contributed by atoms with E-state index in [1.54, 1.807) is 0 Å². The van der Waals surface area contributed by atoms with E-state index in [1.807, 2.05) is 12.1 Å². The lowest BCUT2D eigenvalue weighted by Crippen LogP contribution is -2.10. The molecule has 3 aromatic rings. The summed E-state index contributed by atoms with van der Waals surface area (Å²) >= 11 is 0. The first-order valence-electron chi connectivity index (χ1n) is 14.3. The average Bonchev–Trinajstić information content (AvgIpc) is 2.90. The first-order chi connectivity index (χ1) is 17.3. The van der Waals surface area contributed by atoms with Crippen LogP contribution in [0.1, 0.15) is 102 Å². The summed E-state index contributed by atoms with van der Waals surface area (Å²) in [6.07, 6.45) is 18.6. The third-order valence-electron chi connectivity index (χ3n) is 6.99. The highest BCUT2D eigenvalue weighted by atomic mass is 15.1. The van der Waals surface area contributed by atoms with Crippen molar-refractivity contribution in [3.8, 4) is 0 Å². The van der Waals surface area contributed by atoms with Gasteiger partial charge in [-0.1, -0.05) is 114 Å². The second-order valence-electron chi connectivity index (χ2n) is 9.96. The molecule has 3 rings (SSSR count). The summed E-state index contributed by atoms with van der Waals surface area (Å²) in [5, 5.41) is 0. The van der Waals surface area contributed by atoms with Gasteiger partial charge in [0, 0.05) is 17.1 Å². The Morgan fingerprint density at radius 3 is 1.26 bits per heavy atom. The normalized spacial score (nSPS) is 11.0. The number of nitrogens with zero attached hydrogens (tertiary/aromatic N) is 1. The topological polar surface area (TPSA) is 3.24 Å². The van der Waals surface area contributed by atoms with E-state index >= 15 is 0 Å². The number of aryl methyl sites for hydroxylation is 2. The van der Waals surface area contributed by atoms with Gasteiger partial charge in [-0.2, -0.15) is 0 Å².